The minimum atomic E-state index is 0.408. The fourth-order valence-electron chi connectivity index (χ4n) is 5.88. The summed E-state index contributed by atoms with van der Waals surface area (Å²) in [7, 11) is 0. The standard InChI is InChI=1S/C25H32N2.C17H21NO2S/c1-6-9-14-23(22-16-15-20-12-10-11-13-21(20)17-22)24(19(5)27-8-3)25(26)18(4)7-2;1-12-8-9-15(19-12)10-21-11-16-13(2)18-20-17(16)14-6-4-3-5-7-14/h8,10-17H,6-7,9,26H2,1-5H3;3-7,12,15H,8-11H2,1-2H3/b23-14-,24-19-,25-18-,27-8?;. The third-order valence-electron chi connectivity index (χ3n) is 8.80. The zero-order chi connectivity index (χ0) is 34.5. The summed E-state index contributed by atoms with van der Waals surface area (Å²) in [4.78, 5) is 4.58. The largest absolute Gasteiger partial charge is 0.398 e. The molecule has 2 heterocycles. The number of aliphatic imine (C=N–C) groups is 1. The Morgan fingerprint density at radius 3 is 2.40 bits per heavy atom. The molecular weight excluding hydrogens is 611 g/mol. The van der Waals surface area contributed by atoms with E-state index in [1.807, 2.05) is 56.9 Å². The van der Waals surface area contributed by atoms with E-state index in [0.29, 0.717) is 12.2 Å². The van der Waals surface area contributed by atoms with Crippen LogP contribution in [0.3, 0.4) is 0 Å². The molecule has 4 aromatic rings. The van der Waals surface area contributed by atoms with Crippen molar-refractivity contribution in [1.29, 1.82) is 0 Å². The number of rotatable bonds is 12. The van der Waals surface area contributed by atoms with Gasteiger partial charge in [-0.05, 0) is 93.9 Å². The average Bonchev–Trinajstić information content (AvgIpc) is 3.70. The maximum atomic E-state index is 6.63. The number of aryl methyl sites for hydroxylation is 1. The van der Waals surface area contributed by atoms with E-state index in [1.54, 1.807) is 0 Å². The van der Waals surface area contributed by atoms with Crippen molar-refractivity contribution in [2.24, 2.45) is 10.7 Å². The molecule has 1 saturated heterocycles. The number of unbranched alkanes of at least 4 members (excludes halogenated alkanes) is 1. The van der Waals surface area contributed by atoms with E-state index in [1.165, 1.54) is 45.9 Å². The topological polar surface area (TPSA) is 73.6 Å². The van der Waals surface area contributed by atoms with E-state index in [2.05, 4.69) is 98.5 Å². The minimum Gasteiger partial charge on any atom is -0.398 e. The molecule has 3 aromatic carbocycles. The molecule has 2 N–H and O–H groups in total. The van der Waals surface area contributed by atoms with Gasteiger partial charge < -0.3 is 15.0 Å². The molecule has 0 aliphatic carbocycles. The quantitative estimate of drug-likeness (QED) is 0.121. The molecule has 0 saturated carbocycles. The first-order chi connectivity index (χ1) is 23.3. The van der Waals surface area contributed by atoms with E-state index in [-0.39, 0.29) is 0 Å². The van der Waals surface area contributed by atoms with Crippen molar-refractivity contribution in [2.75, 3.05) is 5.75 Å². The summed E-state index contributed by atoms with van der Waals surface area (Å²) < 4.78 is 11.4. The van der Waals surface area contributed by atoms with Gasteiger partial charge in [-0.2, -0.15) is 11.8 Å². The first-order valence-corrected chi connectivity index (χ1v) is 18.5. The van der Waals surface area contributed by atoms with Gasteiger partial charge in [-0.15, -0.1) is 0 Å². The van der Waals surface area contributed by atoms with Crippen LogP contribution in [-0.4, -0.2) is 29.3 Å². The fraction of sp³-hybridized carbons (Fsp3) is 0.381. The number of nitrogens with zero attached hydrogens (tertiary/aromatic N) is 2. The number of hydrogen-bond acceptors (Lipinski definition) is 6. The zero-order valence-electron chi connectivity index (χ0n) is 29.9. The molecule has 0 spiro atoms. The summed E-state index contributed by atoms with van der Waals surface area (Å²) in [6.07, 6.45) is 10.4. The monoisotopic (exact) mass is 663 g/mol. The second-order valence-electron chi connectivity index (χ2n) is 12.5. The van der Waals surface area contributed by atoms with E-state index in [9.17, 15) is 0 Å². The molecule has 2 unspecified atom stereocenters. The molecule has 6 heteroatoms. The van der Waals surface area contributed by atoms with Crippen LogP contribution in [0.15, 0.2) is 111 Å². The van der Waals surface area contributed by atoms with Crippen LogP contribution in [0.1, 0.15) is 90.5 Å². The van der Waals surface area contributed by atoms with E-state index < -0.39 is 0 Å². The smallest absolute Gasteiger partial charge is 0.171 e. The number of benzene rings is 3. The van der Waals surface area contributed by atoms with Crippen LogP contribution in [0.2, 0.25) is 0 Å². The van der Waals surface area contributed by atoms with Gasteiger partial charge in [0, 0.05) is 45.8 Å². The van der Waals surface area contributed by atoms with Gasteiger partial charge in [0.1, 0.15) is 0 Å². The summed E-state index contributed by atoms with van der Waals surface area (Å²) in [5.41, 5.74) is 16.3. The number of ether oxygens (including phenoxy) is 1. The van der Waals surface area contributed by atoms with Crippen molar-refractivity contribution in [3.63, 3.8) is 0 Å². The Morgan fingerprint density at radius 2 is 1.73 bits per heavy atom. The molecule has 1 aliphatic heterocycles. The highest BCUT2D eigenvalue weighted by Crippen LogP contribution is 2.34. The van der Waals surface area contributed by atoms with Crippen LogP contribution in [0.5, 0.6) is 0 Å². The van der Waals surface area contributed by atoms with Crippen LogP contribution in [-0.2, 0) is 10.5 Å². The second kappa shape index (κ2) is 18.6. The fourth-order valence-corrected chi connectivity index (χ4v) is 7.05. The molecule has 0 radical (unpaired) electrons. The molecule has 5 rings (SSSR count). The normalized spacial score (nSPS) is 17.7. The summed E-state index contributed by atoms with van der Waals surface area (Å²) >= 11 is 1.91. The lowest BCUT2D eigenvalue weighted by Crippen LogP contribution is -2.11. The van der Waals surface area contributed by atoms with Gasteiger partial charge in [-0.1, -0.05) is 98.2 Å². The lowest BCUT2D eigenvalue weighted by atomic mass is 9.90. The molecular formula is C42H53N3O2S. The van der Waals surface area contributed by atoms with Gasteiger partial charge >= 0.3 is 0 Å². The molecule has 1 fully saturated rings. The second-order valence-corrected chi connectivity index (χ2v) is 13.5. The van der Waals surface area contributed by atoms with Crippen molar-refractivity contribution in [2.45, 2.75) is 98.5 Å². The predicted molar refractivity (Wildman–Crippen MR) is 207 cm³/mol. The first-order valence-electron chi connectivity index (χ1n) is 17.4. The average molecular weight is 664 g/mol. The minimum absolute atomic E-state index is 0.408. The van der Waals surface area contributed by atoms with E-state index >= 15 is 0 Å². The maximum Gasteiger partial charge on any atom is 0.171 e. The predicted octanol–water partition coefficient (Wildman–Crippen LogP) is 11.5. The molecule has 48 heavy (non-hydrogen) atoms. The van der Waals surface area contributed by atoms with Crippen molar-refractivity contribution in [3.8, 4) is 11.3 Å². The zero-order valence-corrected chi connectivity index (χ0v) is 30.7. The summed E-state index contributed by atoms with van der Waals surface area (Å²) in [5.74, 6) is 2.87. The molecule has 254 valence electrons. The Hall–Kier alpha value is -3.87. The molecule has 5 nitrogen and oxygen atoms in total. The van der Waals surface area contributed by atoms with E-state index in [4.69, 9.17) is 15.0 Å². The number of nitrogens with two attached hydrogens (primary N) is 1. The SMILES string of the molecule is CC=N/C(C)=C(C(=C\CCC)/c1ccc2ccccc2c1)\C(N)=C(/C)CC.Cc1noc(-c2ccccc2)c1CSCC1CCC(C)O1. The van der Waals surface area contributed by atoms with Crippen LogP contribution in [0.4, 0.5) is 0 Å². The Balaban J connectivity index is 0.000000223. The summed E-state index contributed by atoms with van der Waals surface area (Å²) in [5, 5.41) is 6.62. The molecule has 1 aliphatic rings. The van der Waals surface area contributed by atoms with Gasteiger partial charge in [0.2, 0.25) is 0 Å². The van der Waals surface area contributed by atoms with Crippen LogP contribution < -0.4 is 5.73 Å². The van der Waals surface area contributed by atoms with Crippen LogP contribution in [0, 0.1) is 6.92 Å². The highest BCUT2D eigenvalue weighted by atomic mass is 32.2. The number of hydrogen-bond donors (Lipinski definition) is 1. The number of thioether (sulfide) groups is 1. The van der Waals surface area contributed by atoms with Crippen molar-refractivity contribution in [3.05, 3.63) is 118 Å². The molecule has 0 bridgehead atoms. The Bertz CT molecular complexity index is 1750. The van der Waals surface area contributed by atoms with Crippen molar-refractivity contribution in [1.82, 2.24) is 5.16 Å². The lowest BCUT2D eigenvalue weighted by molar-refractivity contribution is 0.0700. The number of aromatic nitrogens is 1. The molecule has 0 amide bonds. The van der Waals surface area contributed by atoms with Gasteiger partial charge in [-0.3, -0.25) is 4.99 Å². The van der Waals surface area contributed by atoms with Gasteiger partial charge in [0.05, 0.1) is 17.9 Å². The Kier molecular flexibility index (Phi) is 14.3. The first kappa shape index (κ1) is 37.0. The lowest BCUT2D eigenvalue weighted by Gasteiger charge is -2.18. The third kappa shape index (κ3) is 9.83. The Labute approximate surface area is 292 Å². The molecule has 2 atom stereocenters. The third-order valence-corrected chi connectivity index (χ3v) is 9.90. The highest BCUT2D eigenvalue weighted by molar-refractivity contribution is 7.98. The van der Waals surface area contributed by atoms with Crippen LogP contribution >= 0.6 is 11.8 Å². The van der Waals surface area contributed by atoms with Crippen molar-refractivity contribution < 1.29 is 9.26 Å². The number of allylic oxidation sites excluding steroid dienone is 4. The highest BCUT2D eigenvalue weighted by Gasteiger charge is 2.22. The summed E-state index contributed by atoms with van der Waals surface area (Å²) in [6, 6.07) is 25.3. The number of fused-ring (bicyclic) bond motifs is 1. The maximum absolute atomic E-state index is 6.63. The van der Waals surface area contributed by atoms with Gasteiger partial charge in [-0.25, -0.2) is 0 Å². The molecule has 1 aromatic heterocycles. The van der Waals surface area contributed by atoms with E-state index in [0.717, 1.165) is 64.8 Å². The van der Waals surface area contributed by atoms with Crippen LogP contribution in [0.25, 0.3) is 27.7 Å². The van der Waals surface area contributed by atoms with Gasteiger partial charge in [0.25, 0.3) is 0 Å². The van der Waals surface area contributed by atoms with Gasteiger partial charge in [0.15, 0.2) is 5.76 Å². The van der Waals surface area contributed by atoms with Crippen molar-refractivity contribution >= 4 is 34.3 Å². The Morgan fingerprint density at radius 1 is 1.00 bits per heavy atom. The summed E-state index contributed by atoms with van der Waals surface area (Å²) in [6.45, 7) is 14.6.